The maximum absolute atomic E-state index is 7.55. The van der Waals surface area contributed by atoms with Crippen LogP contribution in [0.1, 0.15) is 0 Å². The van der Waals surface area contributed by atoms with Crippen LogP contribution in [0.3, 0.4) is 0 Å². The number of hydrogen-bond donors (Lipinski definition) is 2. The van der Waals surface area contributed by atoms with Crippen molar-refractivity contribution in [3.63, 3.8) is 0 Å². The van der Waals surface area contributed by atoms with Crippen molar-refractivity contribution in [3.05, 3.63) is 0 Å². The minimum absolute atomic E-state index is 0.554. The molecule has 0 aromatic heterocycles. The van der Waals surface area contributed by atoms with Crippen molar-refractivity contribution < 1.29 is 0 Å². The molecule has 0 rings (SSSR count). The number of nitriles is 2. The molecule has 0 saturated heterocycles. The largest absolute Gasteiger partial charge is 0.186 e. The van der Waals surface area contributed by atoms with Gasteiger partial charge in [0.2, 0.25) is 0 Å². The highest BCUT2D eigenvalue weighted by molar-refractivity contribution is 8.00. The van der Waals surface area contributed by atoms with Gasteiger partial charge in [-0.1, -0.05) is 18.5 Å². The van der Waals surface area contributed by atoms with E-state index in [0.29, 0.717) is 11.4 Å². The first-order valence-electron chi connectivity index (χ1n) is 1.21. The molecule has 0 radical (unpaired) electrons. The SMILES string of the molecule is C=[SH]C#N.N#CS. The van der Waals surface area contributed by atoms with Crippen LogP contribution in [-0.2, 0) is 0 Å². The Morgan fingerprint density at radius 1 is 1.57 bits per heavy atom. The Morgan fingerprint density at radius 3 is 1.71 bits per heavy atom. The van der Waals surface area contributed by atoms with E-state index >= 15 is 0 Å². The predicted molar refractivity (Wildman–Crippen MR) is 36.3 cm³/mol. The molecular formula is C3H4N2S2. The second-order valence-electron chi connectivity index (χ2n) is 0.358. The standard InChI is InChI=1S/C2H3NS.CHNS/c1-4-2-3;2-1-3/h4H,1H2;3H. The summed E-state index contributed by atoms with van der Waals surface area (Å²) in [7, 11) is 0. The molecule has 0 unspecified atom stereocenters. The summed E-state index contributed by atoms with van der Waals surface area (Å²) < 4.78 is 0. The summed E-state index contributed by atoms with van der Waals surface area (Å²) in [5.74, 6) is 3.22. The van der Waals surface area contributed by atoms with Crippen molar-refractivity contribution in [2.75, 3.05) is 0 Å². The highest BCUT2D eigenvalue weighted by Gasteiger charge is 1.30. The molecule has 0 atom stereocenters. The number of nitrogens with zero attached hydrogens (tertiary/aromatic N) is 2. The van der Waals surface area contributed by atoms with Crippen LogP contribution in [0, 0.1) is 21.3 Å². The Hall–Kier alpha value is -0.450. The predicted octanol–water partition coefficient (Wildman–Crippen LogP) is 0.762. The molecule has 0 aromatic rings. The first-order valence-corrected chi connectivity index (χ1v) is 2.74. The summed E-state index contributed by atoms with van der Waals surface area (Å²) in [4.78, 5) is 0. The summed E-state index contributed by atoms with van der Waals surface area (Å²) >= 11 is 3.65. The van der Waals surface area contributed by atoms with Gasteiger partial charge in [0, 0.05) is 0 Å². The Bertz CT molecular complexity index is 107. The van der Waals surface area contributed by atoms with Gasteiger partial charge in [-0.2, -0.15) is 10.5 Å². The van der Waals surface area contributed by atoms with Crippen LogP contribution in [0.4, 0.5) is 0 Å². The van der Waals surface area contributed by atoms with E-state index in [9.17, 15) is 0 Å². The van der Waals surface area contributed by atoms with Crippen molar-refractivity contribution in [2.24, 2.45) is 0 Å². The number of thiol groups is 2. The van der Waals surface area contributed by atoms with Gasteiger partial charge in [-0.25, -0.2) is 0 Å². The van der Waals surface area contributed by atoms with Crippen LogP contribution in [0.5, 0.6) is 0 Å². The van der Waals surface area contributed by atoms with Crippen molar-refractivity contribution in [1.29, 1.82) is 10.5 Å². The summed E-state index contributed by atoms with van der Waals surface area (Å²) in [6.07, 6.45) is 0. The monoisotopic (exact) mass is 132 g/mol. The molecule has 4 heteroatoms. The Morgan fingerprint density at radius 2 is 1.71 bits per heavy atom. The first-order chi connectivity index (χ1) is 3.33. The molecule has 2 nitrogen and oxygen atoms in total. The fourth-order valence-corrected chi connectivity index (χ4v) is 0. The lowest BCUT2D eigenvalue weighted by atomic mass is 11.8. The van der Waals surface area contributed by atoms with E-state index in [-0.39, 0.29) is 0 Å². The van der Waals surface area contributed by atoms with Gasteiger partial charge in [-0.3, -0.25) is 0 Å². The maximum Gasteiger partial charge on any atom is 0.130 e. The molecule has 0 aliphatic carbocycles. The zero-order valence-electron chi connectivity index (χ0n) is 3.50. The lowest BCUT2D eigenvalue weighted by Gasteiger charge is -1.34. The average Bonchev–Trinajstić information content (AvgIpc) is 1.69. The molecule has 0 spiro atoms. The fourth-order valence-electron chi connectivity index (χ4n) is 0. The van der Waals surface area contributed by atoms with Gasteiger partial charge in [0.05, 0.1) is 0 Å². The van der Waals surface area contributed by atoms with Crippen molar-refractivity contribution in [2.45, 2.75) is 0 Å². The first kappa shape index (κ1) is 9.75. The van der Waals surface area contributed by atoms with E-state index in [1.165, 1.54) is 5.40 Å². The van der Waals surface area contributed by atoms with Gasteiger partial charge in [0.15, 0.2) is 0 Å². The van der Waals surface area contributed by atoms with E-state index in [1.54, 1.807) is 5.40 Å². The average molecular weight is 132 g/mol. The Labute approximate surface area is 51.7 Å². The third-order valence-electron chi connectivity index (χ3n) is 0.0707. The highest BCUT2D eigenvalue weighted by Crippen LogP contribution is 1.62. The molecule has 38 valence electrons. The van der Waals surface area contributed by atoms with E-state index < -0.39 is 0 Å². The summed E-state index contributed by atoms with van der Waals surface area (Å²) in [5.41, 5.74) is 0. The molecule has 0 heterocycles. The van der Waals surface area contributed by atoms with Gasteiger partial charge in [0.25, 0.3) is 0 Å². The van der Waals surface area contributed by atoms with Crippen LogP contribution in [0.15, 0.2) is 0 Å². The second-order valence-corrected chi connectivity index (χ2v) is 1.07. The van der Waals surface area contributed by atoms with Gasteiger partial charge >= 0.3 is 0 Å². The quantitative estimate of drug-likeness (QED) is 0.290. The molecule has 0 amide bonds. The molecule has 0 saturated carbocycles. The van der Waals surface area contributed by atoms with Gasteiger partial charge in [0.1, 0.15) is 10.8 Å². The van der Waals surface area contributed by atoms with Crippen LogP contribution in [0.2, 0.25) is 0 Å². The summed E-state index contributed by atoms with van der Waals surface area (Å²) in [6, 6.07) is 0. The van der Waals surface area contributed by atoms with Crippen molar-refractivity contribution >= 4 is 29.9 Å². The van der Waals surface area contributed by atoms with Crippen LogP contribution >= 0.6 is 24.0 Å². The van der Waals surface area contributed by atoms with E-state index in [0.717, 1.165) is 0 Å². The molecule has 0 fully saturated rings. The molecule has 0 aliphatic heterocycles. The topological polar surface area (TPSA) is 47.6 Å². The smallest absolute Gasteiger partial charge is 0.130 e. The molecule has 0 aliphatic rings. The number of rotatable bonds is 0. The van der Waals surface area contributed by atoms with Gasteiger partial charge in [-0.15, -0.1) is 11.4 Å². The van der Waals surface area contributed by atoms with Crippen LogP contribution in [0.25, 0.3) is 0 Å². The second kappa shape index (κ2) is 17.7. The molecule has 0 aromatic carbocycles. The zero-order chi connectivity index (χ0) is 6.12. The Balaban J connectivity index is 0. The molecule has 0 N–H and O–H groups in total. The third-order valence-corrected chi connectivity index (χ3v) is 0.212. The van der Waals surface area contributed by atoms with Crippen LogP contribution < -0.4 is 0 Å². The summed E-state index contributed by atoms with van der Waals surface area (Å²) in [6.45, 7) is 0. The minimum atomic E-state index is 0.554. The summed E-state index contributed by atoms with van der Waals surface area (Å²) in [5, 5.41) is 18.0. The maximum atomic E-state index is 7.55. The lowest BCUT2D eigenvalue weighted by molar-refractivity contribution is 1.57. The molecule has 7 heavy (non-hydrogen) atoms. The zero-order valence-corrected chi connectivity index (χ0v) is 5.28. The Kier molecular flexibility index (Phi) is 24.6. The normalized spacial score (nSPS) is 3.86. The van der Waals surface area contributed by atoms with Crippen LogP contribution in [-0.4, -0.2) is 5.87 Å². The van der Waals surface area contributed by atoms with Gasteiger partial charge < -0.3 is 0 Å². The third kappa shape index (κ3) is 231. The molecular weight excluding hydrogens is 128 g/mol. The molecule has 0 bridgehead atoms. The number of thiocyanates is 2. The minimum Gasteiger partial charge on any atom is -0.186 e. The van der Waals surface area contributed by atoms with E-state index in [1.807, 2.05) is 0 Å². The fraction of sp³-hybridized carbons (Fsp3) is 0. The number of hydrogen-bond acceptors (Lipinski definition) is 3. The lowest BCUT2D eigenvalue weighted by Crippen LogP contribution is -1.13. The van der Waals surface area contributed by atoms with Crippen molar-refractivity contribution in [3.8, 4) is 10.8 Å². The van der Waals surface area contributed by atoms with Crippen molar-refractivity contribution in [1.82, 2.24) is 0 Å². The van der Waals surface area contributed by atoms with Gasteiger partial charge in [-0.05, 0) is 0 Å². The van der Waals surface area contributed by atoms with E-state index in [4.69, 9.17) is 10.5 Å². The van der Waals surface area contributed by atoms with E-state index in [2.05, 4.69) is 18.5 Å². The highest BCUT2D eigenvalue weighted by atomic mass is 32.1.